The average Bonchev–Trinajstić information content (AvgIpc) is 2.69. The second-order valence-corrected chi connectivity index (χ2v) is 10.4. The summed E-state index contributed by atoms with van der Waals surface area (Å²) >= 11 is 0. The van der Waals surface area contributed by atoms with Gasteiger partial charge in [-0.15, -0.1) is 0 Å². The molecule has 2 aromatic rings. The number of fused-ring (bicyclic) bond motifs is 1. The maximum Gasteiger partial charge on any atom is 0.306 e. The van der Waals surface area contributed by atoms with Crippen molar-refractivity contribution >= 4 is 22.6 Å². The number of hydrogen-bond donors (Lipinski definition) is 2. The van der Waals surface area contributed by atoms with E-state index in [0.717, 1.165) is 42.0 Å². The summed E-state index contributed by atoms with van der Waals surface area (Å²) in [6.45, 7) is 1.68. The first-order valence-corrected chi connectivity index (χ1v) is 11.5. The molecular weight excluding hydrogens is 390 g/mol. The summed E-state index contributed by atoms with van der Waals surface area (Å²) in [4.78, 5) is 25.0. The molecule has 0 radical (unpaired) electrons. The molecule has 0 saturated heterocycles. The Morgan fingerprint density at radius 1 is 1.10 bits per heavy atom. The molecule has 0 spiro atoms. The van der Waals surface area contributed by atoms with Crippen LogP contribution >= 0.6 is 0 Å². The number of ether oxygens (including phenoxy) is 1. The Bertz CT molecular complexity index is 996. The number of carbonyl (C=O) groups is 2. The Morgan fingerprint density at radius 2 is 1.81 bits per heavy atom. The van der Waals surface area contributed by atoms with Crippen LogP contribution in [-0.2, 0) is 14.3 Å². The van der Waals surface area contributed by atoms with Gasteiger partial charge < -0.3 is 15.2 Å². The minimum Gasteiger partial charge on any atom is -0.456 e. The molecule has 2 unspecified atom stereocenters. The van der Waals surface area contributed by atoms with Gasteiger partial charge in [0.15, 0.2) is 6.61 Å². The molecule has 2 aromatic carbocycles. The van der Waals surface area contributed by atoms with Gasteiger partial charge in [-0.2, -0.15) is 0 Å². The largest absolute Gasteiger partial charge is 0.456 e. The van der Waals surface area contributed by atoms with Gasteiger partial charge >= 0.3 is 5.97 Å². The molecule has 4 aliphatic rings. The predicted octanol–water partition coefficient (Wildman–Crippen LogP) is 4.28. The van der Waals surface area contributed by atoms with Crippen LogP contribution in [0.1, 0.15) is 63.5 Å². The number of carbonyl (C=O) groups excluding carboxylic acids is 2. The Morgan fingerprint density at radius 3 is 2.55 bits per heavy atom. The van der Waals surface area contributed by atoms with Crippen LogP contribution in [0.2, 0.25) is 0 Å². The van der Waals surface area contributed by atoms with Crippen molar-refractivity contribution in [2.24, 2.45) is 17.3 Å². The standard InChI is InChI=1S/C26H31NO4/c1-17(21-8-4-6-20-5-2-3-7-22(20)21)27-23(28)15-31-24(29)14-25-10-18-9-19(11-25)13-26(30,12-18)16-25/h2-8,17-19,30H,9-16H2,1H3,(H,27,28)/t17-,18-,19+,25?,26?/m1/s1. The van der Waals surface area contributed by atoms with E-state index in [1.165, 1.54) is 6.42 Å². The highest BCUT2D eigenvalue weighted by Gasteiger charge is 2.57. The number of nitrogens with one attached hydrogen (secondary N) is 1. The van der Waals surface area contributed by atoms with E-state index < -0.39 is 5.60 Å². The van der Waals surface area contributed by atoms with Gasteiger partial charge in [0, 0.05) is 0 Å². The summed E-state index contributed by atoms with van der Waals surface area (Å²) in [5.41, 5.74) is 0.317. The zero-order valence-corrected chi connectivity index (χ0v) is 18.1. The van der Waals surface area contributed by atoms with Crippen molar-refractivity contribution in [1.29, 1.82) is 0 Å². The molecule has 0 aliphatic heterocycles. The van der Waals surface area contributed by atoms with Crippen molar-refractivity contribution in [3.63, 3.8) is 0 Å². The Hall–Kier alpha value is -2.40. The topological polar surface area (TPSA) is 75.6 Å². The third-order valence-electron chi connectivity index (χ3n) is 7.70. The minimum absolute atomic E-state index is 0.136. The molecule has 1 amide bonds. The first kappa shape index (κ1) is 20.5. The lowest BCUT2D eigenvalue weighted by Crippen LogP contribution is -2.56. The molecule has 4 saturated carbocycles. The van der Waals surface area contributed by atoms with Gasteiger partial charge in [0.1, 0.15) is 0 Å². The molecule has 2 N–H and O–H groups in total. The molecule has 5 nitrogen and oxygen atoms in total. The predicted molar refractivity (Wildman–Crippen MR) is 118 cm³/mol. The second kappa shape index (κ2) is 7.63. The number of amides is 1. The molecule has 164 valence electrons. The number of rotatable bonds is 6. The first-order chi connectivity index (χ1) is 14.8. The highest BCUT2D eigenvalue weighted by molar-refractivity contribution is 5.87. The molecule has 6 rings (SSSR count). The summed E-state index contributed by atoms with van der Waals surface area (Å²) < 4.78 is 5.37. The van der Waals surface area contributed by atoms with Gasteiger partial charge in [-0.25, -0.2) is 0 Å². The van der Waals surface area contributed by atoms with Crippen LogP contribution in [-0.4, -0.2) is 29.2 Å². The minimum atomic E-state index is -0.588. The smallest absolute Gasteiger partial charge is 0.306 e. The summed E-state index contributed by atoms with van der Waals surface area (Å²) in [5.74, 6) is 0.448. The van der Waals surface area contributed by atoms with Gasteiger partial charge in [-0.1, -0.05) is 42.5 Å². The number of esters is 1. The van der Waals surface area contributed by atoms with Crippen LogP contribution in [0, 0.1) is 17.3 Å². The molecule has 0 heterocycles. The van der Waals surface area contributed by atoms with E-state index >= 15 is 0 Å². The SMILES string of the molecule is C[C@@H](NC(=O)COC(=O)CC12C[C@@H]3C[C@@H](CC(O)(C3)C1)C2)c1cccc2ccccc12. The fourth-order valence-corrected chi connectivity index (χ4v) is 7.10. The number of hydrogen-bond acceptors (Lipinski definition) is 4. The monoisotopic (exact) mass is 421 g/mol. The van der Waals surface area contributed by atoms with E-state index in [2.05, 4.69) is 17.4 Å². The first-order valence-electron chi connectivity index (χ1n) is 11.5. The Balaban J connectivity index is 1.16. The zero-order chi connectivity index (χ0) is 21.6. The highest BCUT2D eigenvalue weighted by Crippen LogP contribution is 2.62. The van der Waals surface area contributed by atoms with E-state index in [4.69, 9.17) is 4.74 Å². The van der Waals surface area contributed by atoms with Gasteiger partial charge in [0.2, 0.25) is 0 Å². The molecule has 4 aliphatic carbocycles. The Kier molecular flexibility index (Phi) is 5.04. The quantitative estimate of drug-likeness (QED) is 0.683. The number of benzene rings is 2. The zero-order valence-electron chi connectivity index (χ0n) is 18.1. The third-order valence-corrected chi connectivity index (χ3v) is 7.70. The molecule has 4 bridgehead atoms. The normalized spacial score (nSPS) is 32.1. The molecule has 5 heteroatoms. The van der Waals surface area contributed by atoms with E-state index in [1.54, 1.807) is 0 Å². The van der Waals surface area contributed by atoms with Crippen molar-refractivity contribution in [2.45, 2.75) is 63.5 Å². The van der Waals surface area contributed by atoms with E-state index in [0.29, 0.717) is 24.7 Å². The average molecular weight is 422 g/mol. The number of aliphatic hydroxyl groups is 1. The van der Waals surface area contributed by atoms with Crippen LogP contribution in [0.4, 0.5) is 0 Å². The Labute approximate surface area is 183 Å². The van der Waals surface area contributed by atoms with Gasteiger partial charge in [-0.3, -0.25) is 9.59 Å². The van der Waals surface area contributed by atoms with Crippen LogP contribution in [0.5, 0.6) is 0 Å². The fourth-order valence-electron chi connectivity index (χ4n) is 7.10. The van der Waals surface area contributed by atoms with E-state index in [-0.39, 0.29) is 29.9 Å². The van der Waals surface area contributed by atoms with Gasteiger partial charge in [0.05, 0.1) is 18.1 Å². The fraction of sp³-hybridized carbons (Fsp3) is 0.538. The van der Waals surface area contributed by atoms with Crippen LogP contribution in [0.15, 0.2) is 42.5 Å². The lowest BCUT2D eigenvalue weighted by atomic mass is 9.47. The maximum atomic E-state index is 12.6. The van der Waals surface area contributed by atoms with Crippen molar-refractivity contribution in [3.05, 3.63) is 48.0 Å². The second-order valence-electron chi connectivity index (χ2n) is 10.4. The van der Waals surface area contributed by atoms with Crippen LogP contribution in [0.3, 0.4) is 0 Å². The van der Waals surface area contributed by atoms with Crippen molar-refractivity contribution < 1.29 is 19.4 Å². The maximum absolute atomic E-state index is 12.6. The van der Waals surface area contributed by atoms with E-state index in [9.17, 15) is 14.7 Å². The van der Waals surface area contributed by atoms with Crippen LogP contribution < -0.4 is 5.32 Å². The molecule has 4 fully saturated rings. The van der Waals surface area contributed by atoms with Crippen molar-refractivity contribution in [2.75, 3.05) is 6.61 Å². The lowest BCUT2D eigenvalue weighted by Gasteiger charge is -2.60. The van der Waals surface area contributed by atoms with Gasteiger partial charge in [-0.05, 0) is 79.0 Å². The molecule has 31 heavy (non-hydrogen) atoms. The molecule has 5 atom stereocenters. The molecular formula is C26H31NO4. The van der Waals surface area contributed by atoms with Crippen molar-refractivity contribution in [1.82, 2.24) is 5.32 Å². The molecule has 0 aromatic heterocycles. The summed E-state index contributed by atoms with van der Waals surface area (Å²) in [6, 6.07) is 13.9. The van der Waals surface area contributed by atoms with E-state index in [1.807, 2.05) is 37.3 Å². The summed E-state index contributed by atoms with van der Waals surface area (Å²) in [7, 11) is 0. The highest BCUT2D eigenvalue weighted by atomic mass is 16.5. The lowest BCUT2D eigenvalue weighted by molar-refractivity contribution is -0.177. The van der Waals surface area contributed by atoms with Crippen LogP contribution in [0.25, 0.3) is 10.8 Å². The summed E-state index contributed by atoms with van der Waals surface area (Å²) in [5, 5.41) is 16.1. The van der Waals surface area contributed by atoms with Gasteiger partial charge in [0.25, 0.3) is 5.91 Å². The van der Waals surface area contributed by atoms with Crippen molar-refractivity contribution in [3.8, 4) is 0 Å². The third kappa shape index (κ3) is 4.08. The summed E-state index contributed by atoms with van der Waals surface area (Å²) in [6.07, 6.45) is 5.98.